The van der Waals surface area contributed by atoms with E-state index in [1.807, 2.05) is 58.0 Å². The normalized spacial score (nSPS) is 11.4. The highest BCUT2D eigenvalue weighted by Crippen LogP contribution is 2.25. The zero-order valence-corrected chi connectivity index (χ0v) is 17.2. The number of rotatable bonds is 5. The van der Waals surface area contributed by atoms with Crippen molar-refractivity contribution < 1.29 is 4.79 Å². The first kappa shape index (κ1) is 20.2. The third-order valence-electron chi connectivity index (χ3n) is 4.79. The second-order valence-electron chi connectivity index (χ2n) is 7.37. The summed E-state index contributed by atoms with van der Waals surface area (Å²) in [4.78, 5) is 12.2. The summed E-state index contributed by atoms with van der Waals surface area (Å²) < 4.78 is 2.13. The molecule has 0 aliphatic heterocycles. The van der Waals surface area contributed by atoms with Gasteiger partial charge in [-0.15, -0.1) is 0 Å². The van der Waals surface area contributed by atoms with Crippen LogP contribution in [0.3, 0.4) is 0 Å². The quantitative estimate of drug-likeness (QED) is 0.487. The molecule has 0 aliphatic carbocycles. The van der Waals surface area contributed by atoms with Gasteiger partial charge in [-0.2, -0.15) is 5.26 Å². The highest BCUT2D eigenvalue weighted by molar-refractivity contribution is 6.02. The molecule has 0 fully saturated rings. The Balaban J connectivity index is 1.95. The minimum Gasteiger partial charge on any atom is -0.349 e. The Morgan fingerprint density at radius 2 is 1.66 bits per heavy atom. The molecule has 3 aromatic rings. The first-order valence-corrected chi connectivity index (χ1v) is 9.68. The SMILES string of the molecule is Cc1cc(/C=C(\C#N)C(=O)NC(C)C)c(C)n1-c1ccc(-c2ccccc2)cc1. The van der Waals surface area contributed by atoms with Crippen LogP contribution < -0.4 is 5.32 Å². The van der Waals surface area contributed by atoms with E-state index in [1.54, 1.807) is 6.08 Å². The van der Waals surface area contributed by atoms with Crippen LogP contribution in [0, 0.1) is 25.2 Å². The molecule has 4 heteroatoms. The number of nitrogens with one attached hydrogen (secondary N) is 1. The molecular formula is C25H25N3O. The smallest absolute Gasteiger partial charge is 0.262 e. The van der Waals surface area contributed by atoms with Crippen molar-refractivity contribution >= 4 is 12.0 Å². The van der Waals surface area contributed by atoms with Crippen LogP contribution in [0.25, 0.3) is 22.9 Å². The van der Waals surface area contributed by atoms with Gasteiger partial charge in [0.2, 0.25) is 0 Å². The number of hydrogen-bond donors (Lipinski definition) is 1. The van der Waals surface area contributed by atoms with Crippen molar-refractivity contribution in [1.82, 2.24) is 9.88 Å². The van der Waals surface area contributed by atoms with E-state index in [4.69, 9.17) is 0 Å². The number of carbonyl (C=O) groups excluding carboxylic acids is 1. The lowest BCUT2D eigenvalue weighted by atomic mass is 10.1. The fourth-order valence-electron chi connectivity index (χ4n) is 3.41. The largest absolute Gasteiger partial charge is 0.349 e. The predicted molar refractivity (Wildman–Crippen MR) is 118 cm³/mol. The van der Waals surface area contributed by atoms with Gasteiger partial charge in [0.25, 0.3) is 5.91 Å². The number of amides is 1. The number of carbonyl (C=O) groups is 1. The average molecular weight is 383 g/mol. The van der Waals surface area contributed by atoms with Crippen molar-refractivity contribution in [1.29, 1.82) is 5.26 Å². The van der Waals surface area contributed by atoms with Gasteiger partial charge < -0.3 is 9.88 Å². The standard InChI is InChI=1S/C25H25N3O/c1-17(2)27-25(29)23(16-26)15-22-14-18(3)28(19(22)4)24-12-10-21(11-13-24)20-8-6-5-7-9-20/h5-15,17H,1-4H3,(H,27,29)/b23-15+. The Bertz CT molecular complexity index is 1080. The van der Waals surface area contributed by atoms with Crippen LogP contribution in [-0.2, 0) is 4.79 Å². The molecule has 29 heavy (non-hydrogen) atoms. The van der Waals surface area contributed by atoms with Crippen molar-refractivity contribution in [3.63, 3.8) is 0 Å². The first-order valence-electron chi connectivity index (χ1n) is 9.68. The minimum absolute atomic E-state index is 0.0187. The van der Waals surface area contributed by atoms with E-state index >= 15 is 0 Å². The maximum Gasteiger partial charge on any atom is 0.262 e. The van der Waals surface area contributed by atoms with Crippen LogP contribution in [0.4, 0.5) is 0 Å². The van der Waals surface area contributed by atoms with Gasteiger partial charge in [-0.25, -0.2) is 0 Å². The van der Waals surface area contributed by atoms with Gasteiger partial charge >= 0.3 is 0 Å². The molecule has 4 nitrogen and oxygen atoms in total. The summed E-state index contributed by atoms with van der Waals surface area (Å²) in [7, 11) is 0. The Morgan fingerprint density at radius 1 is 1.03 bits per heavy atom. The highest BCUT2D eigenvalue weighted by atomic mass is 16.1. The Kier molecular flexibility index (Phi) is 5.99. The van der Waals surface area contributed by atoms with E-state index < -0.39 is 0 Å². The number of hydrogen-bond acceptors (Lipinski definition) is 2. The van der Waals surface area contributed by atoms with E-state index in [0.29, 0.717) is 0 Å². The molecule has 146 valence electrons. The zero-order valence-electron chi connectivity index (χ0n) is 17.2. The van der Waals surface area contributed by atoms with Gasteiger partial charge in [-0.05, 0) is 68.7 Å². The van der Waals surface area contributed by atoms with Gasteiger partial charge in [-0.1, -0.05) is 42.5 Å². The molecule has 0 unspecified atom stereocenters. The summed E-state index contributed by atoms with van der Waals surface area (Å²) in [6, 6.07) is 22.7. The molecule has 0 saturated carbocycles. The Hall–Kier alpha value is -3.58. The van der Waals surface area contributed by atoms with E-state index in [1.165, 1.54) is 5.56 Å². The van der Waals surface area contributed by atoms with Crippen LogP contribution in [0.15, 0.2) is 66.2 Å². The third-order valence-corrected chi connectivity index (χ3v) is 4.79. The molecule has 0 saturated heterocycles. The third kappa shape index (κ3) is 4.47. The lowest BCUT2D eigenvalue weighted by molar-refractivity contribution is -0.117. The zero-order chi connectivity index (χ0) is 21.0. The summed E-state index contributed by atoms with van der Waals surface area (Å²) in [5, 5.41) is 12.2. The van der Waals surface area contributed by atoms with Crippen LogP contribution in [0.1, 0.15) is 30.8 Å². The van der Waals surface area contributed by atoms with Crippen LogP contribution in [-0.4, -0.2) is 16.5 Å². The van der Waals surface area contributed by atoms with Gasteiger partial charge in [0.15, 0.2) is 0 Å². The molecule has 1 aromatic heterocycles. The number of aryl methyl sites for hydroxylation is 1. The van der Waals surface area contributed by atoms with Gasteiger partial charge in [0.1, 0.15) is 11.6 Å². The fraction of sp³-hybridized carbons (Fsp3) is 0.200. The molecule has 0 atom stereocenters. The van der Waals surface area contributed by atoms with E-state index in [2.05, 4.69) is 46.3 Å². The second kappa shape index (κ2) is 8.62. The van der Waals surface area contributed by atoms with Crippen LogP contribution >= 0.6 is 0 Å². The van der Waals surface area contributed by atoms with Crippen LogP contribution in [0.2, 0.25) is 0 Å². The summed E-state index contributed by atoms with van der Waals surface area (Å²) in [6.45, 7) is 7.77. The molecule has 3 rings (SSSR count). The Morgan fingerprint density at radius 3 is 2.24 bits per heavy atom. The molecule has 1 N–H and O–H groups in total. The van der Waals surface area contributed by atoms with Crippen molar-refractivity contribution in [3.8, 4) is 22.9 Å². The summed E-state index contributed by atoms with van der Waals surface area (Å²) in [5.41, 5.74) is 6.39. The molecule has 1 heterocycles. The molecule has 0 spiro atoms. The van der Waals surface area contributed by atoms with Gasteiger partial charge in [-0.3, -0.25) is 4.79 Å². The fourth-order valence-corrected chi connectivity index (χ4v) is 3.41. The van der Waals surface area contributed by atoms with E-state index in [-0.39, 0.29) is 17.5 Å². The highest BCUT2D eigenvalue weighted by Gasteiger charge is 2.14. The van der Waals surface area contributed by atoms with E-state index in [0.717, 1.165) is 28.2 Å². The maximum atomic E-state index is 12.2. The molecule has 0 aliphatic rings. The Labute approximate surface area is 172 Å². The van der Waals surface area contributed by atoms with Crippen molar-refractivity contribution in [2.75, 3.05) is 0 Å². The number of aromatic nitrogens is 1. The van der Waals surface area contributed by atoms with Crippen molar-refractivity contribution in [3.05, 3.63) is 83.2 Å². The second-order valence-corrected chi connectivity index (χ2v) is 7.37. The molecule has 0 bridgehead atoms. The van der Waals surface area contributed by atoms with Crippen molar-refractivity contribution in [2.24, 2.45) is 0 Å². The summed E-state index contributed by atoms with van der Waals surface area (Å²) >= 11 is 0. The molecule has 0 radical (unpaired) electrons. The first-order chi connectivity index (χ1) is 13.9. The summed E-state index contributed by atoms with van der Waals surface area (Å²) in [6.07, 6.45) is 1.66. The minimum atomic E-state index is -0.348. The maximum absolute atomic E-state index is 12.2. The summed E-state index contributed by atoms with van der Waals surface area (Å²) in [5.74, 6) is -0.348. The van der Waals surface area contributed by atoms with E-state index in [9.17, 15) is 10.1 Å². The van der Waals surface area contributed by atoms with Crippen LogP contribution in [0.5, 0.6) is 0 Å². The number of nitrogens with zero attached hydrogens (tertiary/aromatic N) is 2. The molecule has 1 amide bonds. The number of benzene rings is 2. The molecule has 2 aromatic carbocycles. The van der Waals surface area contributed by atoms with Gasteiger partial charge in [0, 0.05) is 23.1 Å². The lowest BCUT2D eigenvalue weighted by Crippen LogP contribution is -2.30. The topological polar surface area (TPSA) is 57.8 Å². The lowest BCUT2D eigenvalue weighted by Gasteiger charge is -2.11. The monoisotopic (exact) mass is 383 g/mol. The van der Waals surface area contributed by atoms with Gasteiger partial charge in [0.05, 0.1) is 0 Å². The molecular weight excluding hydrogens is 358 g/mol. The van der Waals surface area contributed by atoms with Crippen molar-refractivity contribution in [2.45, 2.75) is 33.7 Å². The predicted octanol–water partition coefficient (Wildman–Crippen LogP) is 5.19. The average Bonchev–Trinajstić information content (AvgIpc) is 2.99. The number of nitriles is 1.